The van der Waals surface area contributed by atoms with Gasteiger partial charge < -0.3 is 0 Å². The minimum Gasteiger partial charge on any atom is -0.298 e. The van der Waals surface area contributed by atoms with Gasteiger partial charge >= 0.3 is 0 Å². The predicted molar refractivity (Wildman–Crippen MR) is 133 cm³/mol. The number of hydrogen-bond acceptors (Lipinski definition) is 5. The molecular formula is C25H29N3O3S2. The lowest BCUT2D eigenvalue weighted by atomic mass is 9.94. The number of anilines is 1. The molecule has 1 aliphatic heterocycles. The Hall–Kier alpha value is -2.55. The summed E-state index contributed by atoms with van der Waals surface area (Å²) in [7, 11) is -3.57. The van der Waals surface area contributed by atoms with Crippen LogP contribution >= 0.6 is 11.3 Å². The Balaban J connectivity index is 1.44. The van der Waals surface area contributed by atoms with Crippen LogP contribution in [0.5, 0.6) is 0 Å². The third kappa shape index (κ3) is 5.34. The average Bonchev–Trinajstić information content (AvgIpc) is 3.27. The molecule has 1 amide bonds. The maximum atomic E-state index is 13.0. The maximum Gasteiger partial charge on any atom is 0.257 e. The number of piperidine rings is 1. The number of aromatic nitrogens is 1. The second-order valence-electron chi connectivity index (χ2n) is 8.83. The Morgan fingerprint density at radius 1 is 1.06 bits per heavy atom. The highest BCUT2D eigenvalue weighted by Gasteiger charge is 2.31. The van der Waals surface area contributed by atoms with Crippen LogP contribution in [0.25, 0.3) is 11.3 Å². The van der Waals surface area contributed by atoms with Gasteiger partial charge in [0.05, 0.1) is 10.6 Å². The van der Waals surface area contributed by atoms with Crippen molar-refractivity contribution in [2.24, 2.45) is 11.8 Å². The summed E-state index contributed by atoms with van der Waals surface area (Å²) >= 11 is 1.36. The fourth-order valence-electron chi connectivity index (χ4n) is 4.27. The monoisotopic (exact) mass is 483 g/mol. The SMILES string of the molecule is CCc1ccc(-c2csc(NC(=O)c3ccc(S(=O)(=O)N4CC(C)CC(C)C4)cc3)n2)cc1. The largest absolute Gasteiger partial charge is 0.298 e. The molecule has 174 valence electrons. The van der Waals surface area contributed by atoms with Gasteiger partial charge in [0.15, 0.2) is 5.13 Å². The topological polar surface area (TPSA) is 79.4 Å². The lowest BCUT2D eigenvalue weighted by Crippen LogP contribution is -2.42. The summed E-state index contributed by atoms with van der Waals surface area (Å²) in [5.41, 5.74) is 3.46. The van der Waals surface area contributed by atoms with Crippen LogP contribution in [0.1, 0.15) is 43.1 Å². The Bertz CT molecular complexity index is 1210. The molecule has 1 fully saturated rings. The Morgan fingerprint density at radius 2 is 1.70 bits per heavy atom. The molecule has 1 saturated heterocycles. The van der Waals surface area contributed by atoms with Crippen molar-refractivity contribution in [3.8, 4) is 11.3 Å². The summed E-state index contributed by atoms with van der Waals surface area (Å²) in [6, 6.07) is 14.3. The average molecular weight is 484 g/mol. The van der Waals surface area contributed by atoms with Gasteiger partial charge in [0.1, 0.15) is 0 Å². The van der Waals surface area contributed by atoms with Crippen molar-refractivity contribution in [2.45, 2.75) is 38.5 Å². The van der Waals surface area contributed by atoms with Gasteiger partial charge in [-0.1, -0.05) is 45.0 Å². The van der Waals surface area contributed by atoms with E-state index < -0.39 is 10.0 Å². The Morgan fingerprint density at radius 3 is 2.30 bits per heavy atom. The molecule has 2 aromatic carbocycles. The third-order valence-electron chi connectivity index (χ3n) is 5.97. The van der Waals surface area contributed by atoms with E-state index in [1.165, 1.54) is 29.0 Å². The van der Waals surface area contributed by atoms with Crippen LogP contribution in [0.15, 0.2) is 58.8 Å². The first kappa shape index (κ1) is 23.6. The number of sulfonamides is 1. The molecule has 2 unspecified atom stereocenters. The summed E-state index contributed by atoms with van der Waals surface area (Å²) in [4.78, 5) is 17.4. The van der Waals surface area contributed by atoms with Crippen LogP contribution < -0.4 is 5.32 Å². The molecule has 0 saturated carbocycles. The maximum absolute atomic E-state index is 13.0. The van der Waals surface area contributed by atoms with Gasteiger partial charge in [-0.15, -0.1) is 11.3 Å². The van der Waals surface area contributed by atoms with E-state index in [-0.39, 0.29) is 10.8 Å². The molecule has 0 aliphatic carbocycles. The van der Waals surface area contributed by atoms with Crippen LogP contribution in [0.3, 0.4) is 0 Å². The highest BCUT2D eigenvalue weighted by atomic mass is 32.2. The smallest absolute Gasteiger partial charge is 0.257 e. The highest BCUT2D eigenvalue weighted by Crippen LogP contribution is 2.28. The van der Waals surface area contributed by atoms with Crippen molar-refractivity contribution in [1.82, 2.24) is 9.29 Å². The lowest BCUT2D eigenvalue weighted by molar-refractivity contribution is 0.102. The number of aryl methyl sites for hydroxylation is 1. The van der Waals surface area contributed by atoms with Gasteiger partial charge in [0, 0.05) is 29.6 Å². The quantitative estimate of drug-likeness (QED) is 0.517. The zero-order chi connectivity index (χ0) is 23.6. The van der Waals surface area contributed by atoms with Crippen LogP contribution in [0, 0.1) is 11.8 Å². The molecular weight excluding hydrogens is 454 g/mol. The van der Waals surface area contributed by atoms with Crippen molar-refractivity contribution in [1.29, 1.82) is 0 Å². The highest BCUT2D eigenvalue weighted by molar-refractivity contribution is 7.89. The van der Waals surface area contributed by atoms with Crippen LogP contribution in [-0.4, -0.2) is 36.7 Å². The number of thiazole rings is 1. The molecule has 0 spiro atoms. The first-order valence-electron chi connectivity index (χ1n) is 11.2. The van der Waals surface area contributed by atoms with Crippen LogP contribution in [0.4, 0.5) is 5.13 Å². The number of nitrogens with zero attached hydrogens (tertiary/aromatic N) is 2. The Labute approximate surface area is 199 Å². The molecule has 2 atom stereocenters. The first-order chi connectivity index (χ1) is 15.8. The van der Waals surface area contributed by atoms with E-state index in [0.29, 0.717) is 35.6 Å². The fourth-order valence-corrected chi connectivity index (χ4v) is 6.67. The van der Waals surface area contributed by atoms with E-state index in [1.807, 2.05) is 17.5 Å². The predicted octanol–water partition coefficient (Wildman–Crippen LogP) is 5.29. The molecule has 1 N–H and O–H groups in total. The molecule has 0 bridgehead atoms. The van der Waals surface area contributed by atoms with E-state index in [2.05, 4.69) is 43.2 Å². The summed E-state index contributed by atoms with van der Waals surface area (Å²) in [5, 5.41) is 5.22. The van der Waals surface area contributed by atoms with E-state index in [0.717, 1.165) is 24.1 Å². The van der Waals surface area contributed by atoms with Crippen molar-refractivity contribution in [3.05, 3.63) is 65.0 Å². The van der Waals surface area contributed by atoms with E-state index in [1.54, 1.807) is 16.4 Å². The molecule has 4 rings (SSSR count). The summed E-state index contributed by atoms with van der Waals surface area (Å²) in [5.74, 6) is 0.351. The normalized spacial score (nSPS) is 19.4. The minimum absolute atomic E-state index is 0.215. The van der Waals surface area contributed by atoms with Gasteiger partial charge in [-0.3, -0.25) is 10.1 Å². The van der Waals surface area contributed by atoms with Crippen molar-refractivity contribution in [3.63, 3.8) is 0 Å². The summed E-state index contributed by atoms with van der Waals surface area (Å²) in [6.07, 6.45) is 2.02. The summed E-state index contributed by atoms with van der Waals surface area (Å²) in [6.45, 7) is 7.33. The molecule has 33 heavy (non-hydrogen) atoms. The van der Waals surface area contributed by atoms with E-state index >= 15 is 0 Å². The Kier molecular flexibility index (Phi) is 6.97. The third-order valence-corrected chi connectivity index (χ3v) is 8.58. The van der Waals surface area contributed by atoms with Crippen molar-refractivity contribution >= 4 is 32.4 Å². The van der Waals surface area contributed by atoms with Gasteiger partial charge in [-0.2, -0.15) is 4.31 Å². The number of amides is 1. The molecule has 1 aromatic heterocycles. The van der Waals surface area contributed by atoms with E-state index in [4.69, 9.17) is 0 Å². The number of nitrogens with one attached hydrogen (secondary N) is 1. The number of rotatable bonds is 6. The molecule has 3 aromatic rings. The second-order valence-corrected chi connectivity index (χ2v) is 11.6. The number of benzene rings is 2. The molecule has 8 heteroatoms. The van der Waals surface area contributed by atoms with Crippen molar-refractivity contribution < 1.29 is 13.2 Å². The van der Waals surface area contributed by atoms with Gasteiger partial charge in [-0.05, 0) is 54.5 Å². The number of carbonyl (C=O) groups is 1. The van der Waals surface area contributed by atoms with Crippen molar-refractivity contribution in [2.75, 3.05) is 18.4 Å². The molecule has 2 heterocycles. The molecule has 6 nitrogen and oxygen atoms in total. The van der Waals surface area contributed by atoms with Gasteiger partial charge in [-0.25, -0.2) is 13.4 Å². The lowest BCUT2D eigenvalue weighted by Gasteiger charge is -2.34. The zero-order valence-corrected chi connectivity index (χ0v) is 20.7. The van der Waals surface area contributed by atoms with Crippen LogP contribution in [0.2, 0.25) is 0 Å². The van der Waals surface area contributed by atoms with E-state index in [9.17, 15) is 13.2 Å². The van der Waals surface area contributed by atoms with Gasteiger partial charge in [0.25, 0.3) is 5.91 Å². The van der Waals surface area contributed by atoms with Gasteiger partial charge in [0.2, 0.25) is 10.0 Å². The number of hydrogen-bond donors (Lipinski definition) is 1. The van der Waals surface area contributed by atoms with Crippen LogP contribution in [-0.2, 0) is 16.4 Å². The number of carbonyl (C=O) groups excluding carboxylic acids is 1. The first-order valence-corrected chi connectivity index (χ1v) is 13.5. The zero-order valence-electron chi connectivity index (χ0n) is 19.1. The molecule has 0 radical (unpaired) electrons. The standard InChI is InChI=1S/C25H29N3O3S2/c1-4-19-5-7-20(8-6-19)23-16-32-25(26-23)27-24(29)21-9-11-22(12-10-21)33(30,31)28-14-17(2)13-18(3)15-28/h5-12,16-18H,4,13-15H2,1-3H3,(H,26,27,29). The fraction of sp³-hybridized carbons (Fsp3) is 0.360. The molecule has 1 aliphatic rings. The summed E-state index contributed by atoms with van der Waals surface area (Å²) < 4.78 is 27.7. The second kappa shape index (κ2) is 9.75. The minimum atomic E-state index is -3.57.